The first kappa shape index (κ1) is 11.9. The van der Waals surface area contributed by atoms with E-state index in [4.69, 9.17) is 5.73 Å². The van der Waals surface area contributed by atoms with Crippen molar-refractivity contribution >= 4 is 0 Å². The summed E-state index contributed by atoms with van der Waals surface area (Å²) in [6, 6.07) is 0.603. The minimum absolute atomic E-state index is 0.333. The Kier molecular flexibility index (Phi) is 5.51. The average Bonchev–Trinajstić information content (AvgIpc) is 1.99. The summed E-state index contributed by atoms with van der Waals surface area (Å²) in [7, 11) is 2.04. The molecule has 0 aromatic carbocycles. The lowest BCUT2D eigenvalue weighted by molar-refractivity contribution is 0.224. The van der Waals surface area contributed by atoms with Gasteiger partial charge in [0.15, 0.2) is 0 Å². The Morgan fingerprint density at radius 1 is 1.42 bits per heavy atom. The van der Waals surface area contributed by atoms with E-state index in [1.54, 1.807) is 0 Å². The van der Waals surface area contributed by atoms with Crippen molar-refractivity contribution in [2.24, 2.45) is 11.1 Å². The molecule has 0 bridgehead atoms. The monoisotopic (exact) mass is 172 g/mol. The van der Waals surface area contributed by atoms with Gasteiger partial charge in [0.25, 0.3) is 0 Å². The third kappa shape index (κ3) is 3.55. The van der Waals surface area contributed by atoms with Crippen molar-refractivity contribution in [3.63, 3.8) is 0 Å². The number of nitrogens with one attached hydrogen (secondary N) is 1. The normalized spacial score (nSPS) is 14.8. The number of hydrogen-bond acceptors (Lipinski definition) is 2. The van der Waals surface area contributed by atoms with Gasteiger partial charge >= 0.3 is 0 Å². The molecule has 0 heterocycles. The SMILES string of the molecule is CCCC(NC)C(C)(C)CCN. The molecule has 1 unspecified atom stereocenters. The molecule has 0 saturated heterocycles. The first-order valence-electron chi connectivity index (χ1n) is 4.95. The van der Waals surface area contributed by atoms with E-state index in [1.807, 2.05) is 7.05 Å². The molecule has 0 aliphatic heterocycles. The van der Waals surface area contributed by atoms with Gasteiger partial charge < -0.3 is 11.1 Å². The van der Waals surface area contributed by atoms with Crippen LogP contribution >= 0.6 is 0 Å². The molecule has 0 fully saturated rings. The second-order valence-electron chi connectivity index (χ2n) is 4.16. The molecule has 0 amide bonds. The van der Waals surface area contributed by atoms with Gasteiger partial charge in [0, 0.05) is 6.04 Å². The fourth-order valence-electron chi connectivity index (χ4n) is 1.76. The van der Waals surface area contributed by atoms with Crippen molar-refractivity contribution in [2.75, 3.05) is 13.6 Å². The van der Waals surface area contributed by atoms with Gasteiger partial charge in [-0.3, -0.25) is 0 Å². The van der Waals surface area contributed by atoms with Crippen LogP contribution in [0.5, 0.6) is 0 Å². The number of rotatable bonds is 6. The quantitative estimate of drug-likeness (QED) is 0.640. The molecule has 0 aliphatic carbocycles. The van der Waals surface area contributed by atoms with Crippen LogP contribution in [0.1, 0.15) is 40.0 Å². The van der Waals surface area contributed by atoms with Crippen molar-refractivity contribution < 1.29 is 0 Å². The van der Waals surface area contributed by atoms with Crippen molar-refractivity contribution in [1.82, 2.24) is 5.32 Å². The van der Waals surface area contributed by atoms with Gasteiger partial charge in [-0.2, -0.15) is 0 Å². The Morgan fingerprint density at radius 3 is 2.33 bits per heavy atom. The number of nitrogens with two attached hydrogens (primary N) is 1. The smallest absolute Gasteiger partial charge is 0.0116 e. The summed E-state index contributed by atoms with van der Waals surface area (Å²) < 4.78 is 0. The molecule has 0 aromatic rings. The van der Waals surface area contributed by atoms with Gasteiger partial charge in [-0.25, -0.2) is 0 Å². The lowest BCUT2D eigenvalue weighted by Crippen LogP contribution is -2.41. The predicted molar refractivity (Wildman–Crippen MR) is 55.2 cm³/mol. The molecular formula is C10H24N2. The van der Waals surface area contributed by atoms with E-state index < -0.39 is 0 Å². The molecule has 2 heteroatoms. The van der Waals surface area contributed by atoms with Crippen LogP contribution in [0.4, 0.5) is 0 Å². The molecule has 0 aliphatic rings. The van der Waals surface area contributed by atoms with E-state index in [0.717, 1.165) is 13.0 Å². The molecule has 3 N–H and O–H groups in total. The van der Waals surface area contributed by atoms with Crippen molar-refractivity contribution in [1.29, 1.82) is 0 Å². The fourth-order valence-corrected chi connectivity index (χ4v) is 1.76. The Hall–Kier alpha value is -0.0800. The zero-order valence-corrected chi connectivity index (χ0v) is 8.98. The summed E-state index contributed by atoms with van der Waals surface area (Å²) in [6.07, 6.45) is 3.57. The summed E-state index contributed by atoms with van der Waals surface area (Å²) in [4.78, 5) is 0. The minimum atomic E-state index is 0.333. The average molecular weight is 172 g/mol. The van der Waals surface area contributed by atoms with E-state index in [9.17, 15) is 0 Å². The molecular weight excluding hydrogens is 148 g/mol. The highest BCUT2D eigenvalue weighted by atomic mass is 14.9. The van der Waals surface area contributed by atoms with Crippen LogP contribution < -0.4 is 11.1 Å². The van der Waals surface area contributed by atoms with Crippen LogP contribution in [0.3, 0.4) is 0 Å². The van der Waals surface area contributed by atoms with Crippen LogP contribution in [-0.4, -0.2) is 19.6 Å². The summed E-state index contributed by atoms with van der Waals surface area (Å²) in [5.74, 6) is 0. The van der Waals surface area contributed by atoms with Gasteiger partial charge in [-0.1, -0.05) is 27.2 Å². The highest BCUT2D eigenvalue weighted by Crippen LogP contribution is 2.26. The molecule has 2 nitrogen and oxygen atoms in total. The maximum Gasteiger partial charge on any atom is 0.0116 e. The van der Waals surface area contributed by atoms with Crippen LogP contribution in [0.2, 0.25) is 0 Å². The maximum atomic E-state index is 5.58. The van der Waals surface area contributed by atoms with Crippen LogP contribution in [0, 0.1) is 5.41 Å². The molecule has 0 spiro atoms. The number of hydrogen-bond donors (Lipinski definition) is 2. The molecule has 0 radical (unpaired) electrons. The Labute approximate surface area is 76.9 Å². The minimum Gasteiger partial charge on any atom is -0.330 e. The van der Waals surface area contributed by atoms with Gasteiger partial charge in [0.1, 0.15) is 0 Å². The van der Waals surface area contributed by atoms with Crippen molar-refractivity contribution in [2.45, 2.75) is 46.1 Å². The van der Waals surface area contributed by atoms with Gasteiger partial charge in [0.05, 0.1) is 0 Å². The topological polar surface area (TPSA) is 38.0 Å². The van der Waals surface area contributed by atoms with Crippen molar-refractivity contribution in [3.8, 4) is 0 Å². The summed E-state index contributed by atoms with van der Waals surface area (Å²) in [6.45, 7) is 7.59. The van der Waals surface area contributed by atoms with E-state index in [1.165, 1.54) is 12.8 Å². The molecule has 0 saturated carbocycles. The third-order valence-corrected chi connectivity index (χ3v) is 2.66. The Balaban J connectivity index is 4.05. The van der Waals surface area contributed by atoms with E-state index in [2.05, 4.69) is 26.1 Å². The van der Waals surface area contributed by atoms with Gasteiger partial charge in [0.2, 0.25) is 0 Å². The summed E-state index contributed by atoms with van der Waals surface area (Å²) in [5, 5.41) is 3.37. The standard InChI is InChI=1S/C10H24N2/c1-5-6-9(12-4)10(2,3)7-8-11/h9,12H,5-8,11H2,1-4H3. The molecule has 0 rings (SSSR count). The van der Waals surface area contributed by atoms with Crippen molar-refractivity contribution in [3.05, 3.63) is 0 Å². The second kappa shape index (κ2) is 5.55. The largest absolute Gasteiger partial charge is 0.330 e. The molecule has 12 heavy (non-hydrogen) atoms. The van der Waals surface area contributed by atoms with Crippen LogP contribution in [-0.2, 0) is 0 Å². The summed E-state index contributed by atoms with van der Waals surface area (Å²) >= 11 is 0. The molecule has 1 atom stereocenters. The first-order chi connectivity index (χ1) is 5.58. The highest BCUT2D eigenvalue weighted by molar-refractivity contribution is 4.82. The lowest BCUT2D eigenvalue weighted by Gasteiger charge is -2.34. The zero-order chi connectivity index (χ0) is 9.61. The summed E-state index contributed by atoms with van der Waals surface area (Å²) in [5.41, 5.74) is 5.91. The highest BCUT2D eigenvalue weighted by Gasteiger charge is 2.26. The first-order valence-corrected chi connectivity index (χ1v) is 4.95. The lowest BCUT2D eigenvalue weighted by atomic mass is 9.79. The third-order valence-electron chi connectivity index (χ3n) is 2.66. The predicted octanol–water partition coefficient (Wildman–Crippen LogP) is 1.75. The van der Waals surface area contributed by atoms with E-state index in [-0.39, 0.29) is 0 Å². The van der Waals surface area contributed by atoms with Crippen LogP contribution in [0.15, 0.2) is 0 Å². The Bertz CT molecular complexity index is 110. The fraction of sp³-hybridized carbons (Fsp3) is 1.00. The van der Waals surface area contributed by atoms with E-state index in [0.29, 0.717) is 11.5 Å². The molecule has 74 valence electrons. The van der Waals surface area contributed by atoms with Crippen LogP contribution in [0.25, 0.3) is 0 Å². The zero-order valence-electron chi connectivity index (χ0n) is 8.98. The Morgan fingerprint density at radius 2 is 2.00 bits per heavy atom. The van der Waals surface area contributed by atoms with E-state index >= 15 is 0 Å². The maximum absolute atomic E-state index is 5.58. The van der Waals surface area contributed by atoms with Gasteiger partial charge in [-0.15, -0.1) is 0 Å². The molecule has 0 aromatic heterocycles. The second-order valence-corrected chi connectivity index (χ2v) is 4.16. The van der Waals surface area contributed by atoms with Gasteiger partial charge in [-0.05, 0) is 31.8 Å².